The molecule has 2 aromatic carbocycles. The van der Waals surface area contributed by atoms with Gasteiger partial charge in [0.15, 0.2) is 0 Å². The molecule has 0 radical (unpaired) electrons. The zero-order valence-corrected chi connectivity index (χ0v) is 14.9. The summed E-state index contributed by atoms with van der Waals surface area (Å²) in [5, 5.41) is 12.6. The minimum atomic E-state index is -4.44. The molecule has 0 spiro atoms. The van der Waals surface area contributed by atoms with Crippen LogP contribution in [0.2, 0.25) is 0 Å². The zero-order valence-electron chi connectivity index (χ0n) is 14.1. The Bertz CT molecular complexity index is 936. The van der Waals surface area contributed by atoms with Crippen molar-refractivity contribution in [1.29, 1.82) is 0 Å². The number of aliphatic hydroxyl groups excluding tert-OH is 1. The molecule has 2 aromatic rings. The van der Waals surface area contributed by atoms with Gasteiger partial charge in [-0.3, -0.25) is 4.55 Å². The lowest BCUT2D eigenvalue weighted by atomic mass is 9.65. The van der Waals surface area contributed by atoms with E-state index in [1.54, 1.807) is 0 Å². The fourth-order valence-electron chi connectivity index (χ4n) is 4.76. The lowest BCUT2D eigenvalue weighted by Gasteiger charge is -2.40. The molecule has 2 aliphatic rings. The predicted octanol–water partition coefficient (Wildman–Crippen LogP) is 3.35. The van der Waals surface area contributed by atoms with Gasteiger partial charge in [-0.05, 0) is 65.1 Å². The third-order valence-corrected chi connectivity index (χ3v) is 6.60. The van der Waals surface area contributed by atoms with E-state index in [2.05, 4.69) is 23.2 Å². The molecule has 0 amide bonds. The molecular weight excluding hydrogens is 340 g/mol. The molecule has 0 aromatic heterocycles. The first-order chi connectivity index (χ1) is 11.8. The first kappa shape index (κ1) is 17.0. The van der Waals surface area contributed by atoms with Gasteiger partial charge in [0, 0.05) is 5.41 Å². The van der Waals surface area contributed by atoms with E-state index in [-0.39, 0.29) is 18.1 Å². The van der Waals surface area contributed by atoms with E-state index in [0.717, 1.165) is 31.1 Å². The maximum atomic E-state index is 10.7. The standard InChI is InChI=1S/C19H22O5S/c1-19-9-8-15-14-4-2-12(11-24-25(21,22)23)10-13(14)3-5-16(15)17(19)6-7-18(19)20/h2-5,10,17-18,20H,6-9,11H2,1H3,(H,21,22,23)/t17-,18-,19-/m0/s1. The lowest BCUT2D eigenvalue weighted by molar-refractivity contribution is 0.0459. The summed E-state index contributed by atoms with van der Waals surface area (Å²) in [5.74, 6) is 0.401. The van der Waals surface area contributed by atoms with Crippen molar-refractivity contribution in [2.75, 3.05) is 0 Å². The summed E-state index contributed by atoms with van der Waals surface area (Å²) in [6.07, 6.45) is 3.60. The van der Waals surface area contributed by atoms with Crippen molar-refractivity contribution < 1.29 is 22.3 Å². The Labute approximate surface area is 147 Å². The van der Waals surface area contributed by atoms with Gasteiger partial charge in [-0.1, -0.05) is 31.2 Å². The molecule has 25 heavy (non-hydrogen) atoms. The zero-order chi connectivity index (χ0) is 17.8. The van der Waals surface area contributed by atoms with Crippen LogP contribution in [0, 0.1) is 5.41 Å². The summed E-state index contributed by atoms with van der Waals surface area (Å²) >= 11 is 0. The highest BCUT2D eigenvalue weighted by atomic mass is 32.3. The first-order valence-electron chi connectivity index (χ1n) is 8.62. The average Bonchev–Trinajstić information content (AvgIpc) is 2.87. The largest absolute Gasteiger partial charge is 0.397 e. The molecule has 1 fully saturated rings. The van der Waals surface area contributed by atoms with E-state index in [4.69, 9.17) is 4.55 Å². The maximum Gasteiger partial charge on any atom is 0.397 e. The number of hydrogen-bond acceptors (Lipinski definition) is 4. The van der Waals surface area contributed by atoms with E-state index in [0.29, 0.717) is 11.5 Å². The van der Waals surface area contributed by atoms with Gasteiger partial charge < -0.3 is 5.11 Å². The number of fused-ring (bicyclic) bond motifs is 5. The van der Waals surface area contributed by atoms with Gasteiger partial charge in [-0.25, -0.2) is 4.18 Å². The summed E-state index contributed by atoms with van der Waals surface area (Å²) in [5.41, 5.74) is 3.36. The molecule has 1 saturated carbocycles. The van der Waals surface area contributed by atoms with Crippen LogP contribution in [0.15, 0.2) is 30.3 Å². The van der Waals surface area contributed by atoms with Crippen molar-refractivity contribution in [3.63, 3.8) is 0 Å². The highest BCUT2D eigenvalue weighted by Gasteiger charge is 2.49. The minimum absolute atomic E-state index is 0.0239. The normalized spacial score (nSPS) is 28.8. The Morgan fingerprint density at radius 2 is 2.04 bits per heavy atom. The van der Waals surface area contributed by atoms with Gasteiger partial charge >= 0.3 is 10.4 Å². The second-order valence-corrected chi connectivity index (χ2v) is 8.62. The SMILES string of the molecule is C[C@]12CCc3c(ccc4cc(COS(=O)(=O)O)ccc34)[C@@H]1CC[C@@H]2O. The van der Waals surface area contributed by atoms with E-state index in [9.17, 15) is 13.5 Å². The molecule has 2 aliphatic carbocycles. The smallest absolute Gasteiger partial charge is 0.393 e. The monoisotopic (exact) mass is 362 g/mol. The van der Waals surface area contributed by atoms with E-state index in [1.807, 2.05) is 18.2 Å². The van der Waals surface area contributed by atoms with Crippen molar-refractivity contribution >= 4 is 21.2 Å². The van der Waals surface area contributed by atoms with Crippen molar-refractivity contribution in [3.8, 4) is 0 Å². The Hall–Kier alpha value is -1.47. The Morgan fingerprint density at radius 1 is 1.24 bits per heavy atom. The Balaban J connectivity index is 1.72. The number of hydrogen-bond donors (Lipinski definition) is 2. The fraction of sp³-hybridized carbons (Fsp3) is 0.474. The molecule has 0 saturated heterocycles. The summed E-state index contributed by atoms with van der Waals surface area (Å²) in [4.78, 5) is 0. The highest BCUT2D eigenvalue weighted by molar-refractivity contribution is 7.80. The van der Waals surface area contributed by atoms with Crippen LogP contribution in [0.1, 0.15) is 48.8 Å². The van der Waals surface area contributed by atoms with Gasteiger partial charge in [0.1, 0.15) is 0 Å². The molecule has 5 nitrogen and oxygen atoms in total. The summed E-state index contributed by atoms with van der Waals surface area (Å²) in [7, 11) is -4.44. The van der Waals surface area contributed by atoms with Crippen LogP contribution in [0.4, 0.5) is 0 Å². The average molecular weight is 362 g/mol. The molecule has 6 heteroatoms. The summed E-state index contributed by atoms with van der Waals surface area (Å²) < 4.78 is 34.6. The quantitative estimate of drug-likeness (QED) is 0.818. The van der Waals surface area contributed by atoms with E-state index < -0.39 is 10.4 Å². The predicted molar refractivity (Wildman–Crippen MR) is 94.7 cm³/mol. The lowest BCUT2D eigenvalue weighted by Crippen LogP contribution is -2.35. The number of aliphatic hydroxyl groups is 1. The number of benzene rings is 2. The van der Waals surface area contributed by atoms with Gasteiger partial charge in [0.2, 0.25) is 0 Å². The Kier molecular flexibility index (Phi) is 3.92. The van der Waals surface area contributed by atoms with Crippen LogP contribution < -0.4 is 0 Å². The van der Waals surface area contributed by atoms with Crippen LogP contribution in [0.3, 0.4) is 0 Å². The van der Waals surface area contributed by atoms with Gasteiger partial charge in [0.25, 0.3) is 0 Å². The molecular formula is C19H22O5S. The second kappa shape index (κ2) is 5.77. The summed E-state index contributed by atoms with van der Waals surface area (Å²) in [6.45, 7) is 2.02. The molecule has 4 rings (SSSR count). The second-order valence-electron chi connectivity index (χ2n) is 7.53. The van der Waals surface area contributed by atoms with E-state index >= 15 is 0 Å². The molecule has 0 bridgehead atoms. The summed E-state index contributed by atoms with van der Waals surface area (Å²) in [6, 6.07) is 9.96. The van der Waals surface area contributed by atoms with Crippen LogP contribution in [0.25, 0.3) is 10.8 Å². The van der Waals surface area contributed by atoms with Crippen LogP contribution in [0.5, 0.6) is 0 Å². The minimum Gasteiger partial charge on any atom is -0.393 e. The maximum absolute atomic E-state index is 10.7. The van der Waals surface area contributed by atoms with Crippen molar-refractivity contribution in [2.24, 2.45) is 5.41 Å². The topological polar surface area (TPSA) is 83.8 Å². The van der Waals surface area contributed by atoms with Gasteiger partial charge in [-0.15, -0.1) is 0 Å². The molecule has 2 N–H and O–H groups in total. The molecule has 3 atom stereocenters. The van der Waals surface area contributed by atoms with Crippen molar-refractivity contribution in [2.45, 2.75) is 51.2 Å². The molecule has 0 heterocycles. The highest BCUT2D eigenvalue weighted by Crippen LogP contribution is 2.56. The van der Waals surface area contributed by atoms with Gasteiger partial charge in [-0.2, -0.15) is 8.42 Å². The molecule has 0 unspecified atom stereocenters. The Morgan fingerprint density at radius 3 is 2.80 bits per heavy atom. The molecule has 134 valence electrons. The molecule has 0 aliphatic heterocycles. The fourth-order valence-corrected chi connectivity index (χ4v) is 5.05. The van der Waals surface area contributed by atoms with Crippen LogP contribution in [-0.2, 0) is 27.6 Å². The first-order valence-corrected chi connectivity index (χ1v) is 9.99. The van der Waals surface area contributed by atoms with Crippen molar-refractivity contribution in [3.05, 3.63) is 47.0 Å². The van der Waals surface area contributed by atoms with Crippen molar-refractivity contribution in [1.82, 2.24) is 0 Å². The van der Waals surface area contributed by atoms with Crippen LogP contribution in [-0.4, -0.2) is 24.2 Å². The van der Waals surface area contributed by atoms with Gasteiger partial charge in [0.05, 0.1) is 12.7 Å². The van der Waals surface area contributed by atoms with E-state index in [1.165, 1.54) is 16.5 Å². The van der Waals surface area contributed by atoms with Crippen LogP contribution >= 0.6 is 0 Å². The number of aryl methyl sites for hydroxylation is 1. The number of rotatable bonds is 3. The third-order valence-electron chi connectivity index (χ3n) is 6.18. The third kappa shape index (κ3) is 2.87.